The largest absolute Gasteiger partial charge is 1.00 e. The van der Waals surface area contributed by atoms with Crippen molar-refractivity contribution in [3.8, 4) is 0 Å². The minimum absolute atomic E-state index is 0. The normalized spacial score (nSPS) is 13.5. The van der Waals surface area contributed by atoms with E-state index in [1.165, 1.54) is 36.4 Å². The van der Waals surface area contributed by atoms with E-state index < -0.39 is 38.3 Å². The number of nitrogens with zero attached hydrogens (tertiary/aromatic N) is 1. The van der Waals surface area contributed by atoms with Crippen LogP contribution in [0.1, 0.15) is 31.1 Å². The SMILES string of the molecule is O=C1c2ccccc2C(=O)N1C(=O)c1ccccc1S(=O)(=O)[O-].[K+]. The van der Waals surface area contributed by atoms with Crippen LogP contribution in [0, 0.1) is 0 Å². The molecular weight excluding hydrogens is 361 g/mol. The quantitative estimate of drug-likeness (QED) is 0.345. The van der Waals surface area contributed by atoms with Crippen molar-refractivity contribution in [3.63, 3.8) is 0 Å². The molecule has 0 saturated heterocycles. The van der Waals surface area contributed by atoms with Crippen molar-refractivity contribution in [2.45, 2.75) is 4.90 Å². The second-order valence-electron chi connectivity index (χ2n) is 4.75. The molecule has 9 heteroatoms. The van der Waals surface area contributed by atoms with Gasteiger partial charge in [-0.2, -0.15) is 0 Å². The van der Waals surface area contributed by atoms with Crippen LogP contribution >= 0.6 is 0 Å². The molecule has 24 heavy (non-hydrogen) atoms. The molecule has 1 heterocycles. The fourth-order valence-electron chi connectivity index (χ4n) is 2.36. The van der Waals surface area contributed by atoms with E-state index in [0.29, 0.717) is 4.90 Å². The molecule has 2 aromatic carbocycles. The van der Waals surface area contributed by atoms with E-state index in [1.54, 1.807) is 0 Å². The van der Waals surface area contributed by atoms with E-state index in [1.807, 2.05) is 0 Å². The summed E-state index contributed by atoms with van der Waals surface area (Å²) in [5, 5.41) is 0. The molecule has 7 nitrogen and oxygen atoms in total. The van der Waals surface area contributed by atoms with E-state index >= 15 is 0 Å². The molecule has 0 bridgehead atoms. The number of carbonyl (C=O) groups is 3. The van der Waals surface area contributed by atoms with Crippen molar-refractivity contribution in [2.75, 3.05) is 0 Å². The molecule has 3 amide bonds. The summed E-state index contributed by atoms with van der Waals surface area (Å²) in [7, 11) is -4.93. The maximum Gasteiger partial charge on any atom is 1.00 e. The number of imide groups is 3. The molecule has 0 atom stereocenters. The van der Waals surface area contributed by atoms with E-state index in [-0.39, 0.29) is 62.5 Å². The Morgan fingerprint density at radius 2 is 1.33 bits per heavy atom. The predicted molar refractivity (Wildman–Crippen MR) is 75.7 cm³/mol. The number of benzene rings is 2. The Bertz CT molecular complexity index is 934. The first-order chi connectivity index (χ1) is 10.8. The molecule has 0 spiro atoms. The Kier molecular flexibility index (Phi) is 5.55. The van der Waals surface area contributed by atoms with Crippen LogP contribution in [0.4, 0.5) is 0 Å². The molecule has 2 aromatic rings. The molecule has 0 aromatic heterocycles. The van der Waals surface area contributed by atoms with Gasteiger partial charge in [0, 0.05) is 0 Å². The topological polar surface area (TPSA) is 112 Å². The van der Waals surface area contributed by atoms with Gasteiger partial charge in [0.2, 0.25) is 0 Å². The Hall–Kier alpha value is -1.20. The summed E-state index contributed by atoms with van der Waals surface area (Å²) in [6, 6.07) is 10.5. The van der Waals surface area contributed by atoms with Gasteiger partial charge in [0.1, 0.15) is 10.1 Å². The van der Waals surface area contributed by atoms with Gasteiger partial charge in [0.25, 0.3) is 17.7 Å². The molecule has 0 aliphatic carbocycles. The van der Waals surface area contributed by atoms with Crippen LogP contribution in [0.25, 0.3) is 0 Å². The predicted octanol–water partition coefficient (Wildman–Crippen LogP) is -1.97. The van der Waals surface area contributed by atoms with Crippen LogP contribution in [-0.4, -0.2) is 35.6 Å². The van der Waals surface area contributed by atoms with E-state index in [9.17, 15) is 27.4 Å². The summed E-state index contributed by atoms with van der Waals surface area (Å²) < 4.78 is 33.8. The van der Waals surface area contributed by atoms with Gasteiger partial charge < -0.3 is 4.55 Å². The summed E-state index contributed by atoms with van der Waals surface area (Å²) in [6.45, 7) is 0. The number of hydrogen-bond acceptors (Lipinski definition) is 6. The summed E-state index contributed by atoms with van der Waals surface area (Å²) in [5.41, 5.74) is -0.418. The third-order valence-corrected chi connectivity index (χ3v) is 4.28. The Morgan fingerprint density at radius 3 is 1.83 bits per heavy atom. The summed E-state index contributed by atoms with van der Waals surface area (Å²) in [5.74, 6) is -2.85. The Balaban J connectivity index is 0.00000208. The minimum Gasteiger partial charge on any atom is -0.744 e. The first-order valence-electron chi connectivity index (χ1n) is 6.39. The van der Waals surface area contributed by atoms with Crippen LogP contribution in [0.5, 0.6) is 0 Å². The first-order valence-corrected chi connectivity index (χ1v) is 7.80. The third kappa shape index (κ3) is 3.16. The van der Waals surface area contributed by atoms with Gasteiger partial charge in [-0.3, -0.25) is 14.4 Å². The Morgan fingerprint density at radius 1 is 0.875 bits per heavy atom. The minimum atomic E-state index is -4.93. The molecule has 0 radical (unpaired) electrons. The molecule has 3 rings (SSSR count). The third-order valence-electron chi connectivity index (χ3n) is 3.38. The summed E-state index contributed by atoms with van der Waals surface area (Å²) in [4.78, 5) is 36.5. The molecule has 0 saturated carbocycles. The zero-order chi connectivity index (χ0) is 16.8. The number of amides is 3. The van der Waals surface area contributed by atoms with Crippen molar-refractivity contribution in [1.29, 1.82) is 0 Å². The zero-order valence-electron chi connectivity index (χ0n) is 12.4. The van der Waals surface area contributed by atoms with E-state index in [2.05, 4.69) is 0 Å². The fraction of sp³-hybridized carbons (Fsp3) is 0. The van der Waals surface area contributed by atoms with Gasteiger partial charge in [-0.05, 0) is 24.3 Å². The van der Waals surface area contributed by atoms with Gasteiger partial charge in [-0.15, -0.1) is 0 Å². The average molecular weight is 369 g/mol. The van der Waals surface area contributed by atoms with E-state index in [4.69, 9.17) is 0 Å². The van der Waals surface area contributed by atoms with Crippen molar-refractivity contribution < 1.29 is 78.7 Å². The average Bonchev–Trinajstić information content (AvgIpc) is 2.78. The van der Waals surface area contributed by atoms with Crippen molar-refractivity contribution >= 4 is 27.8 Å². The van der Waals surface area contributed by atoms with Gasteiger partial charge in [0.15, 0.2) is 0 Å². The van der Waals surface area contributed by atoms with Crippen LogP contribution < -0.4 is 51.4 Å². The van der Waals surface area contributed by atoms with Crippen LogP contribution in [-0.2, 0) is 10.1 Å². The molecule has 0 N–H and O–H groups in total. The summed E-state index contributed by atoms with van der Waals surface area (Å²) in [6.07, 6.45) is 0. The molecule has 0 unspecified atom stereocenters. The van der Waals surface area contributed by atoms with Crippen LogP contribution in [0.2, 0.25) is 0 Å². The Labute approximate surface area is 179 Å². The van der Waals surface area contributed by atoms with Gasteiger partial charge >= 0.3 is 51.4 Å². The smallest absolute Gasteiger partial charge is 0.744 e. The molecule has 116 valence electrons. The number of carbonyl (C=O) groups excluding carboxylic acids is 3. The molecule has 0 fully saturated rings. The molecule has 1 aliphatic heterocycles. The summed E-state index contributed by atoms with van der Waals surface area (Å²) >= 11 is 0. The van der Waals surface area contributed by atoms with Gasteiger partial charge in [0.05, 0.1) is 21.6 Å². The van der Waals surface area contributed by atoms with Crippen LogP contribution in [0.3, 0.4) is 0 Å². The number of hydrogen-bond donors (Lipinski definition) is 0. The maximum atomic E-state index is 12.5. The maximum absolute atomic E-state index is 12.5. The standard InChI is InChI=1S/C15H9NO6S.K/c17-13-9-5-1-2-6-10(9)14(18)16(13)15(19)11-7-3-4-8-12(11)23(20,21)22;/h1-8H,(H,20,21,22);/q;+1/p-1. The van der Waals surface area contributed by atoms with E-state index in [0.717, 1.165) is 12.1 Å². The second-order valence-corrected chi connectivity index (χ2v) is 6.09. The number of rotatable bonds is 2. The molecule has 1 aliphatic rings. The first kappa shape index (κ1) is 19.1. The van der Waals surface area contributed by atoms with Gasteiger partial charge in [-0.25, -0.2) is 13.3 Å². The second kappa shape index (κ2) is 6.96. The molecular formula is C15H8KNO6S. The van der Waals surface area contributed by atoms with Gasteiger partial charge in [-0.1, -0.05) is 24.3 Å². The monoisotopic (exact) mass is 369 g/mol. The van der Waals surface area contributed by atoms with Crippen molar-refractivity contribution in [1.82, 2.24) is 4.90 Å². The fourth-order valence-corrected chi connectivity index (χ4v) is 3.03. The van der Waals surface area contributed by atoms with Crippen molar-refractivity contribution in [3.05, 3.63) is 65.2 Å². The van der Waals surface area contributed by atoms with Crippen LogP contribution in [0.15, 0.2) is 53.4 Å². The van der Waals surface area contributed by atoms with Crippen molar-refractivity contribution in [2.24, 2.45) is 0 Å². The zero-order valence-corrected chi connectivity index (χ0v) is 16.4. The number of fused-ring (bicyclic) bond motifs is 1.